The summed E-state index contributed by atoms with van der Waals surface area (Å²) in [6.45, 7) is 4.48. The van der Waals surface area contributed by atoms with Crippen LogP contribution in [-0.4, -0.2) is 10.2 Å². The van der Waals surface area contributed by atoms with Gasteiger partial charge in [-0.3, -0.25) is 0 Å². The number of hydrogen-bond acceptors (Lipinski definition) is 2. The highest BCUT2D eigenvalue weighted by molar-refractivity contribution is 5.58. The summed E-state index contributed by atoms with van der Waals surface area (Å²) in [7, 11) is 0. The lowest BCUT2D eigenvalue weighted by Gasteiger charge is -2.28. The van der Waals surface area contributed by atoms with Crippen molar-refractivity contribution in [2.75, 3.05) is 0 Å². The van der Waals surface area contributed by atoms with Crippen LogP contribution in [0.5, 0.6) is 0 Å². The van der Waals surface area contributed by atoms with Crippen LogP contribution in [0.4, 0.5) is 0 Å². The van der Waals surface area contributed by atoms with E-state index < -0.39 is 0 Å². The van der Waals surface area contributed by atoms with Gasteiger partial charge < -0.3 is 0 Å². The third kappa shape index (κ3) is 6.16. The fourth-order valence-electron chi connectivity index (χ4n) is 4.42. The van der Waals surface area contributed by atoms with Crippen molar-refractivity contribution in [2.45, 2.75) is 84.5 Å². The highest BCUT2D eigenvalue weighted by atomic mass is 15.1. The first-order valence-electron chi connectivity index (χ1n) is 11.2. The first-order valence-corrected chi connectivity index (χ1v) is 11.2. The van der Waals surface area contributed by atoms with Gasteiger partial charge in [0.2, 0.25) is 0 Å². The molecule has 3 rings (SSSR count). The molecule has 2 heteroatoms. The van der Waals surface area contributed by atoms with E-state index in [0.717, 1.165) is 36.1 Å². The lowest BCUT2D eigenvalue weighted by Crippen LogP contribution is -2.15. The minimum atomic E-state index is 0.944. The highest BCUT2D eigenvalue weighted by Crippen LogP contribution is 2.34. The van der Waals surface area contributed by atoms with Gasteiger partial charge in [-0.2, -0.15) is 10.2 Å². The lowest BCUT2D eigenvalue weighted by atomic mass is 9.78. The molecule has 1 aromatic carbocycles. The van der Waals surface area contributed by atoms with Gasteiger partial charge in [-0.1, -0.05) is 89.5 Å². The maximum absolute atomic E-state index is 4.39. The average molecular weight is 365 g/mol. The maximum atomic E-state index is 4.39. The standard InChI is InChI=1S/C25H36N2/c1-3-5-7-20-8-10-21(11-9-20)12-13-22-14-16-23(17-15-22)25-19-18-24(6-4-2)26-27-25/h14-21H,3-13H2,1-2H3. The Morgan fingerprint density at radius 2 is 1.44 bits per heavy atom. The van der Waals surface area contributed by atoms with E-state index in [4.69, 9.17) is 0 Å². The SMILES string of the molecule is CCCCC1CCC(CCc2ccc(-c3ccc(CCC)nn3)cc2)CC1. The summed E-state index contributed by atoms with van der Waals surface area (Å²) in [6, 6.07) is 13.2. The van der Waals surface area contributed by atoms with E-state index in [1.165, 1.54) is 68.9 Å². The zero-order chi connectivity index (χ0) is 18.9. The molecule has 0 saturated heterocycles. The molecule has 1 fully saturated rings. The smallest absolute Gasteiger partial charge is 0.0929 e. The predicted octanol–water partition coefficient (Wildman–Crippen LogP) is 7.03. The second-order valence-electron chi connectivity index (χ2n) is 8.42. The number of benzene rings is 1. The van der Waals surface area contributed by atoms with Crippen molar-refractivity contribution in [3.05, 3.63) is 47.7 Å². The van der Waals surface area contributed by atoms with Gasteiger partial charge in [0.15, 0.2) is 0 Å². The fraction of sp³-hybridized carbons (Fsp3) is 0.600. The van der Waals surface area contributed by atoms with Crippen LogP contribution in [0.25, 0.3) is 11.3 Å². The lowest BCUT2D eigenvalue weighted by molar-refractivity contribution is 0.250. The third-order valence-corrected chi connectivity index (χ3v) is 6.25. The Labute approximate surface area is 165 Å². The molecule has 0 N–H and O–H groups in total. The monoisotopic (exact) mass is 364 g/mol. The molecule has 2 aromatic rings. The van der Waals surface area contributed by atoms with E-state index in [9.17, 15) is 0 Å². The topological polar surface area (TPSA) is 25.8 Å². The predicted molar refractivity (Wildman–Crippen MR) is 115 cm³/mol. The Balaban J connectivity index is 1.45. The Hall–Kier alpha value is -1.70. The van der Waals surface area contributed by atoms with Crippen LogP contribution < -0.4 is 0 Å². The van der Waals surface area contributed by atoms with Gasteiger partial charge in [-0.05, 0) is 48.8 Å². The molecule has 1 heterocycles. The Kier molecular flexibility index (Phi) is 7.86. The summed E-state index contributed by atoms with van der Waals surface area (Å²) in [4.78, 5) is 0. The number of nitrogens with zero attached hydrogens (tertiary/aromatic N) is 2. The van der Waals surface area contributed by atoms with E-state index in [1.807, 2.05) is 0 Å². The molecule has 0 atom stereocenters. The van der Waals surface area contributed by atoms with Crippen LogP contribution in [-0.2, 0) is 12.8 Å². The molecule has 0 unspecified atom stereocenters. The minimum Gasteiger partial charge on any atom is -0.155 e. The third-order valence-electron chi connectivity index (χ3n) is 6.25. The molecule has 1 aliphatic carbocycles. The fourth-order valence-corrected chi connectivity index (χ4v) is 4.42. The second kappa shape index (κ2) is 10.6. The summed E-state index contributed by atoms with van der Waals surface area (Å²) in [5, 5.41) is 8.73. The second-order valence-corrected chi connectivity index (χ2v) is 8.42. The maximum Gasteiger partial charge on any atom is 0.0929 e. The molecule has 27 heavy (non-hydrogen) atoms. The van der Waals surface area contributed by atoms with Crippen molar-refractivity contribution >= 4 is 0 Å². The van der Waals surface area contributed by atoms with Crippen LogP contribution in [0.1, 0.15) is 82.9 Å². The van der Waals surface area contributed by atoms with Crippen LogP contribution in [0.3, 0.4) is 0 Å². The van der Waals surface area contributed by atoms with Crippen molar-refractivity contribution in [3.8, 4) is 11.3 Å². The van der Waals surface area contributed by atoms with Gasteiger partial charge in [0, 0.05) is 5.56 Å². The van der Waals surface area contributed by atoms with E-state index in [2.05, 4.69) is 60.4 Å². The Bertz CT molecular complexity index is 652. The first kappa shape index (κ1) is 20.0. The van der Waals surface area contributed by atoms with E-state index in [-0.39, 0.29) is 0 Å². The highest BCUT2D eigenvalue weighted by Gasteiger charge is 2.20. The molecule has 1 aliphatic rings. The number of unbranched alkanes of at least 4 members (excludes halogenated alkanes) is 1. The summed E-state index contributed by atoms with van der Waals surface area (Å²) in [5.41, 5.74) is 4.70. The van der Waals surface area contributed by atoms with Crippen LogP contribution >= 0.6 is 0 Å². The molecule has 0 radical (unpaired) electrons. The molecular weight excluding hydrogens is 328 g/mol. The molecular formula is C25H36N2. The summed E-state index contributed by atoms with van der Waals surface area (Å²) < 4.78 is 0. The zero-order valence-electron chi connectivity index (χ0n) is 17.3. The molecule has 0 spiro atoms. The van der Waals surface area contributed by atoms with Gasteiger partial charge in [0.05, 0.1) is 11.4 Å². The summed E-state index contributed by atoms with van der Waals surface area (Å²) in [5.74, 6) is 1.96. The van der Waals surface area contributed by atoms with E-state index in [1.54, 1.807) is 0 Å². The number of hydrogen-bond donors (Lipinski definition) is 0. The summed E-state index contributed by atoms with van der Waals surface area (Å²) >= 11 is 0. The van der Waals surface area contributed by atoms with Crippen molar-refractivity contribution < 1.29 is 0 Å². The number of aryl methyl sites for hydroxylation is 2. The van der Waals surface area contributed by atoms with Crippen LogP contribution in [0.2, 0.25) is 0 Å². The van der Waals surface area contributed by atoms with Crippen molar-refractivity contribution in [1.29, 1.82) is 0 Å². The van der Waals surface area contributed by atoms with E-state index >= 15 is 0 Å². The molecule has 146 valence electrons. The van der Waals surface area contributed by atoms with Gasteiger partial charge in [0.25, 0.3) is 0 Å². The average Bonchev–Trinajstić information content (AvgIpc) is 2.73. The molecule has 1 saturated carbocycles. The van der Waals surface area contributed by atoms with Crippen molar-refractivity contribution in [2.24, 2.45) is 11.8 Å². The van der Waals surface area contributed by atoms with Gasteiger partial charge in [-0.15, -0.1) is 0 Å². The minimum absolute atomic E-state index is 0.944. The van der Waals surface area contributed by atoms with Crippen LogP contribution in [0, 0.1) is 11.8 Å². The number of rotatable bonds is 9. The van der Waals surface area contributed by atoms with Crippen molar-refractivity contribution in [1.82, 2.24) is 10.2 Å². The number of aromatic nitrogens is 2. The van der Waals surface area contributed by atoms with Gasteiger partial charge in [-0.25, -0.2) is 0 Å². The normalized spacial score (nSPS) is 19.9. The van der Waals surface area contributed by atoms with Crippen molar-refractivity contribution in [3.63, 3.8) is 0 Å². The molecule has 0 bridgehead atoms. The van der Waals surface area contributed by atoms with Gasteiger partial charge in [0.1, 0.15) is 0 Å². The largest absolute Gasteiger partial charge is 0.155 e. The molecule has 2 nitrogen and oxygen atoms in total. The Morgan fingerprint density at radius 3 is 2.04 bits per heavy atom. The zero-order valence-corrected chi connectivity index (χ0v) is 17.3. The van der Waals surface area contributed by atoms with Gasteiger partial charge >= 0.3 is 0 Å². The van der Waals surface area contributed by atoms with E-state index in [0.29, 0.717) is 0 Å². The Morgan fingerprint density at radius 1 is 0.741 bits per heavy atom. The quantitative estimate of drug-likeness (QED) is 0.477. The molecule has 0 aliphatic heterocycles. The summed E-state index contributed by atoms with van der Waals surface area (Å²) in [6.07, 6.45) is 14.8. The van der Waals surface area contributed by atoms with Crippen LogP contribution in [0.15, 0.2) is 36.4 Å². The molecule has 1 aromatic heterocycles. The first-order chi connectivity index (χ1) is 13.3. The molecule has 0 amide bonds.